The maximum Gasteiger partial charge on any atom is 0.137 e. The number of nitrogens with one attached hydrogen (secondary N) is 1. The van der Waals surface area contributed by atoms with Gasteiger partial charge in [0.15, 0.2) is 0 Å². The van der Waals surface area contributed by atoms with E-state index in [-0.39, 0.29) is 0 Å². The second-order valence-corrected chi connectivity index (χ2v) is 4.62. The van der Waals surface area contributed by atoms with Crippen LogP contribution in [-0.4, -0.2) is 15.0 Å². The summed E-state index contributed by atoms with van der Waals surface area (Å²) in [6, 6.07) is 11.6. The topological polar surface area (TPSA) is 76.7 Å². The summed E-state index contributed by atoms with van der Waals surface area (Å²) in [5.74, 6) is 0.769. The zero-order valence-corrected chi connectivity index (χ0v) is 11.2. The molecule has 0 amide bonds. The molecule has 0 spiro atoms. The SMILES string of the molecule is Cc1cccc(CNc2ncnc3ccc(N)cc23)n1. The van der Waals surface area contributed by atoms with Crippen LogP contribution in [0.5, 0.6) is 0 Å². The molecule has 0 unspecified atom stereocenters. The Morgan fingerprint density at radius 3 is 2.90 bits per heavy atom. The Kier molecular flexibility index (Phi) is 3.16. The second kappa shape index (κ2) is 5.13. The largest absolute Gasteiger partial charge is 0.399 e. The van der Waals surface area contributed by atoms with Crippen molar-refractivity contribution in [1.82, 2.24) is 15.0 Å². The van der Waals surface area contributed by atoms with E-state index in [1.165, 1.54) is 0 Å². The van der Waals surface area contributed by atoms with Gasteiger partial charge in [0.05, 0.1) is 17.8 Å². The van der Waals surface area contributed by atoms with Gasteiger partial charge >= 0.3 is 0 Å². The van der Waals surface area contributed by atoms with E-state index in [2.05, 4.69) is 20.3 Å². The molecule has 100 valence electrons. The molecular formula is C15H15N5. The number of pyridine rings is 1. The fourth-order valence-electron chi connectivity index (χ4n) is 2.09. The lowest BCUT2D eigenvalue weighted by atomic mass is 10.2. The Labute approximate surface area is 116 Å². The summed E-state index contributed by atoms with van der Waals surface area (Å²) in [7, 11) is 0. The average molecular weight is 265 g/mol. The van der Waals surface area contributed by atoms with Gasteiger partial charge in [0, 0.05) is 16.8 Å². The molecule has 5 heteroatoms. The van der Waals surface area contributed by atoms with Crippen LogP contribution in [0.15, 0.2) is 42.7 Å². The number of aryl methyl sites for hydroxylation is 1. The number of nitrogens with zero attached hydrogens (tertiary/aromatic N) is 3. The van der Waals surface area contributed by atoms with Crippen molar-refractivity contribution < 1.29 is 0 Å². The molecule has 0 saturated heterocycles. The summed E-state index contributed by atoms with van der Waals surface area (Å²) < 4.78 is 0. The lowest BCUT2D eigenvalue weighted by molar-refractivity contribution is 1.00. The molecule has 3 aromatic rings. The van der Waals surface area contributed by atoms with E-state index < -0.39 is 0 Å². The zero-order valence-electron chi connectivity index (χ0n) is 11.2. The highest BCUT2D eigenvalue weighted by molar-refractivity contribution is 5.91. The predicted molar refractivity (Wildman–Crippen MR) is 80.3 cm³/mol. The minimum atomic E-state index is 0.614. The van der Waals surface area contributed by atoms with E-state index in [1.54, 1.807) is 6.33 Å². The number of rotatable bonds is 3. The quantitative estimate of drug-likeness (QED) is 0.712. The van der Waals surface area contributed by atoms with Crippen molar-refractivity contribution in [3.05, 3.63) is 54.1 Å². The van der Waals surface area contributed by atoms with Gasteiger partial charge in [0.2, 0.25) is 0 Å². The third kappa shape index (κ3) is 2.51. The standard InChI is InChI=1S/C15H15N5/c1-10-3-2-4-12(20-10)8-17-15-13-7-11(16)5-6-14(13)18-9-19-15/h2-7,9H,8,16H2,1H3,(H,17,18,19). The Morgan fingerprint density at radius 2 is 2.05 bits per heavy atom. The summed E-state index contributed by atoms with van der Waals surface area (Å²) in [6.45, 7) is 2.59. The first-order chi connectivity index (χ1) is 9.72. The van der Waals surface area contributed by atoms with E-state index in [4.69, 9.17) is 5.73 Å². The molecule has 5 nitrogen and oxygen atoms in total. The molecule has 2 aromatic heterocycles. The van der Waals surface area contributed by atoms with Gasteiger partial charge < -0.3 is 11.1 Å². The third-order valence-electron chi connectivity index (χ3n) is 3.04. The fraction of sp³-hybridized carbons (Fsp3) is 0.133. The van der Waals surface area contributed by atoms with Gasteiger partial charge in [0.25, 0.3) is 0 Å². The third-order valence-corrected chi connectivity index (χ3v) is 3.04. The van der Waals surface area contributed by atoms with Crippen LogP contribution < -0.4 is 11.1 Å². The van der Waals surface area contributed by atoms with Crippen molar-refractivity contribution in [1.29, 1.82) is 0 Å². The predicted octanol–water partition coefficient (Wildman–Crippen LogP) is 2.53. The number of hydrogen-bond acceptors (Lipinski definition) is 5. The lowest BCUT2D eigenvalue weighted by Gasteiger charge is -2.08. The van der Waals surface area contributed by atoms with Crippen LogP contribution in [-0.2, 0) is 6.54 Å². The molecule has 0 bridgehead atoms. The van der Waals surface area contributed by atoms with Crippen LogP contribution >= 0.6 is 0 Å². The van der Waals surface area contributed by atoms with Crippen LogP contribution in [0.4, 0.5) is 11.5 Å². The first-order valence-electron chi connectivity index (χ1n) is 6.39. The minimum Gasteiger partial charge on any atom is -0.399 e. The van der Waals surface area contributed by atoms with Crippen molar-refractivity contribution in [2.24, 2.45) is 0 Å². The van der Waals surface area contributed by atoms with E-state index in [1.807, 2.05) is 43.3 Å². The number of aromatic nitrogens is 3. The molecule has 0 aliphatic carbocycles. The van der Waals surface area contributed by atoms with Gasteiger partial charge in [-0.3, -0.25) is 4.98 Å². The molecular weight excluding hydrogens is 250 g/mol. The van der Waals surface area contributed by atoms with E-state index in [0.717, 1.165) is 28.1 Å². The highest BCUT2D eigenvalue weighted by Crippen LogP contribution is 2.21. The van der Waals surface area contributed by atoms with Gasteiger partial charge in [0.1, 0.15) is 12.1 Å². The van der Waals surface area contributed by atoms with E-state index >= 15 is 0 Å². The Bertz CT molecular complexity index is 754. The number of nitrogens with two attached hydrogens (primary N) is 1. The highest BCUT2D eigenvalue weighted by atomic mass is 15.0. The molecule has 3 rings (SSSR count). The van der Waals surface area contributed by atoms with Crippen LogP contribution in [0.2, 0.25) is 0 Å². The minimum absolute atomic E-state index is 0.614. The average Bonchev–Trinajstić information content (AvgIpc) is 2.45. The fourth-order valence-corrected chi connectivity index (χ4v) is 2.09. The Hall–Kier alpha value is -2.69. The number of anilines is 2. The van der Waals surface area contributed by atoms with Gasteiger partial charge in [-0.05, 0) is 37.3 Å². The molecule has 0 saturated carbocycles. The Balaban J connectivity index is 1.89. The van der Waals surface area contributed by atoms with Crippen molar-refractivity contribution >= 4 is 22.4 Å². The van der Waals surface area contributed by atoms with Crippen LogP contribution in [0.25, 0.3) is 10.9 Å². The van der Waals surface area contributed by atoms with Crippen LogP contribution in [0.1, 0.15) is 11.4 Å². The molecule has 2 heterocycles. The molecule has 0 aliphatic heterocycles. The molecule has 0 fully saturated rings. The van der Waals surface area contributed by atoms with Crippen molar-refractivity contribution in [2.75, 3.05) is 11.1 Å². The normalized spacial score (nSPS) is 10.7. The van der Waals surface area contributed by atoms with Gasteiger partial charge in [-0.25, -0.2) is 9.97 Å². The van der Waals surface area contributed by atoms with Crippen molar-refractivity contribution in [2.45, 2.75) is 13.5 Å². The Morgan fingerprint density at radius 1 is 1.15 bits per heavy atom. The maximum absolute atomic E-state index is 5.82. The van der Waals surface area contributed by atoms with Crippen LogP contribution in [0, 0.1) is 6.92 Å². The van der Waals surface area contributed by atoms with Crippen molar-refractivity contribution in [3.8, 4) is 0 Å². The zero-order chi connectivity index (χ0) is 13.9. The molecule has 1 aromatic carbocycles. The lowest BCUT2D eigenvalue weighted by Crippen LogP contribution is -2.04. The summed E-state index contributed by atoms with van der Waals surface area (Å²) in [5.41, 5.74) is 9.37. The first-order valence-corrected chi connectivity index (χ1v) is 6.39. The van der Waals surface area contributed by atoms with Crippen LogP contribution in [0.3, 0.4) is 0 Å². The monoisotopic (exact) mass is 265 g/mol. The number of benzene rings is 1. The summed E-state index contributed by atoms with van der Waals surface area (Å²) in [5, 5.41) is 4.21. The maximum atomic E-state index is 5.82. The highest BCUT2D eigenvalue weighted by Gasteiger charge is 2.04. The van der Waals surface area contributed by atoms with E-state index in [0.29, 0.717) is 12.2 Å². The van der Waals surface area contributed by atoms with Gasteiger partial charge in [-0.2, -0.15) is 0 Å². The van der Waals surface area contributed by atoms with Gasteiger partial charge in [-0.15, -0.1) is 0 Å². The first kappa shape index (κ1) is 12.3. The molecule has 0 radical (unpaired) electrons. The summed E-state index contributed by atoms with van der Waals surface area (Å²) in [4.78, 5) is 13.0. The molecule has 3 N–H and O–H groups in total. The van der Waals surface area contributed by atoms with Crippen molar-refractivity contribution in [3.63, 3.8) is 0 Å². The van der Waals surface area contributed by atoms with E-state index in [9.17, 15) is 0 Å². The second-order valence-electron chi connectivity index (χ2n) is 4.62. The summed E-state index contributed by atoms with van der Waals surface area (Å²) in [6.07, 6.45) is 1.55. The smallest absolute Gasteiger partial charge is 0.137 e. The number of fused-ring (bicyclic) bond motifs is 1. The molecule has 0 aliphatic rings. The number of nitrogen functional groups attached to an aromatic ring is 1. The number of hydrogen-bond donors (Lipinski definition) is 2. The summed E-state index contributed by atoms with van der Waals surface area (Å²) >= 11 is 0. The van der Waals surface area contributed by atoms with Gasteiger partial charge in [-0.1, -0.05) is 6.07 Å². The molecule has 20 heavy (non-hydrogen) atoms. The molecule has 0 atom stereocenters.